The molecule has 6 nitrogen and oxygen atoms in total. The van der Waals surface area contributed by atoms with Crippen molar-refractivity contribution < 1.29 is 9.59 Å². The van der Waals surface area contributed by atoms with Crippen LogP contribution in [0.1, 0.15) is 21.5 Å². The molecule has 2 amide bonds. The van der Waals surface area contributed by atoms with Crippen molar-refractivity contribution in [3.05, 3.63) is 77.5 Å². The summed E-state index contributed by atoms with van der Waals surface area (Å²) in [6, 6.07) is 17.1. The van der Waals surface area contributed by atoms with Crippen molar-refractivity contribution in [1.29, 1.82) is 5.26 Å². The van der Waals surface area contributed by atoms with Gasteiger partial charge in [-0.1, -0.05) is 30.3 Å². The van der Waals surface area contributed by atoms with E-state index in [-0.39, 0.29) is 6.42 Å². The summed E-state index contributed by atoms with van der Waals surface area (Å²) >= 11 is 0. The van der Waals surface area contributed by atoms with Gasteiger partial charge in [0.15, 0.2) is 0 Å². The number of nitrogens with zero attached hydrogens (tertiary/aromatic N) is 2. The predicted octanol–water partition coefficient (Wildman–Crippen LogP) is 1.93. The van der Waals surface area contributed by atoms with E-state index in [4.69, 9.17) is 11.0 Å². The first kappa shape index (κ1) is 17.1. The van der Waals surface area contributed by atoms with Crippen molar-refractivity contribution >= 4 is 22.7 Å². The molecule has 6 heteroatoms. The highest BCUT2D eigenvalue weighted by Gasteiger charge is 2.20. The van der Waals surface area contributed by atoms with E-state index < -0.39 is 17.9 Å². The Morgan fingerprint density at radius 1 is 1.15 bits per heavy atom. The molecule has 0 unspecified atom stereocenters. The fourth-order valence-corrected chi connectivity index (χ4v) is 2.66. The molecule has 0 bridgehead atoms. The Labute approximate surface area is 150 Å². The topological polar surface area (TPSA) is 109 Å². The number of carbonyl (C=O) groups is 2. The van der Waals surface area contributed by atoms with E-state index in [0.717, 1.165) is 16.5 Å². The minimum atomic E-state index is -0.886. The second-order valence-electron chi connectivity index (χ2n) is 5.86. The quantitative estimate of drug-likeness (QED) is 0.737. The fraction of sp³-hybridized carbons (Fsp3) is 0.100. The van der Waals surface area contributed by atoms with Gasteiger partial charge in [0, 0.05) is 18.0 Å². The van der Waals surface area contributed by atoms with E-state index in [1.165, 1.54) is 6.20 Å². The molecule has 26 heavy (non-hydrogen) atoms. The second kappa shape index (κ2) is 7.45. The zero-order valence-electron chi connectivity index (χ0n) is 13.8. The van der Waals surface area contributed by atoms with Crippen LogP contribution in [0.15, 0.2) is 60.8 Å². The van der Waals surface area contributed by atoms with Crippen LogP contribution in [0.5, 0.6) is 0 Å². The number of benzene rings is 2. The molecule has 3 N–H and O–H groups in total. The van der Waals surface area contributed by atoms with Crippen LogP contribution in [0.4, 0.5) is 0 Å². The fourth-order valence-electron chi connectivity index (χ4n) is 2.66. The monoisotopic (exact) mass is 344 g/mol. The van der Waals surface area contributed by atoms with Crippen molar-refractivity contribution in [2.45, 2.75) is 12.5 Å². The van der Waals surface area contributed by atoms with Crippen molar-refractivity contribution in [2.75, 3.05) is 0 Å². The number of hydrogen-bond acceptors (Lipinski definition) is 4. The molecule has 1 atom stereocenters. The number of aromatic nitrogens is 1. The first-order valence-corrected chi connectivity index (χ1v) is 8.01. The van der Waals surface area contributed by atoms with E-state index in [0.29, 0.717) is 11.1 Å². The highest BCUT2D eigenvalue weighted by atomic mass is 16.2. The summed E-state index contributed by atoms with van der Waals surface area (Å²) in [6.45, 7) is 0. The SMILES string of the molecule is N#Cc1cccc(C[C@H](NC(=O)c2cnc3ccccc3c2)C(N)=O)c1. The third-order valence-electron chi connectivity index (χ3n) is 4.00. The zero-order valence-corrected chi connectivity index (χ0v) is 13.8. The number of rotatable bonds is 5. The van der Waals surface area contributed by atoms with Gasteiger partial charge in [-0.25, -0.2) is 0 Å². The summed E-state index contributed by atoms with van der Waals surface area (Å²) < 4.78 is 0. The average Bonchev–Trinajstić information content (AvgIpc) is 2.67. The maximum atomic E-state index is 12.5. The van der Waals surface area contributed by atoms with E-state index in [2.05, 4.69) is 10.3 Å². The molecule has 0 aliphatic carbocycles. The molecular weight excluding hydrogens is 328 g/mol. The van der Waals surface area contributed by atoms with E-state index in [9.17, 15) is 9.59 Å². The maximum Gasteiger partial charge on any atom is 0.253 e. The molecule has 3 aromatic rings. The van der Waals surface area contributed by atoms with E-state index >= 15 is 0 Å². The standard InChI is InChI=1S/C20H16N4O2/c21-11-14-5-3-4-13(8-14)9-18(19(22)25)24-20(26)16-10-15-6-1-2-7-17(15)23-12-16/h1-8,10,12,18H,9H2,(H2,22,25)(H,24,26)/t18-/m0/s1. The Bertz CT molecular complexity index is 1020. The van der Waals surface area contributed by atoms with Crippen molar-refractivity contribution in [2.24, 2.45) is 5.73 Å². The third kappa shape index (κ3) is 3.84. The van der Waals surface area contributed by atoms with Crippen molar-refractivity contribution in [3.8, 4) is 6.07 Å². The van der Waals surface area contributed by atoms with Gasteiger partial charge < -0.3 is 11.1 Å². The molecule has 0 saturated carbocycles. The molecular formula is C20H16N4O2. The summed E-state index contributed by atoms with van der Waals surface area (Å²) in [4.78, 5) is 28.5. The molecule has 0 fully saturated rings. The first-order valence-electron chi connectivity index (χ1n) is 8.01. The number of hydrogen-bond donors (Lipinski definition) is 2. The Hall–Kier alpha value is -3.72. The van der Waals surface area contributed by atoms with Crippen LogP contribution in [-0.4, -0.2) is 22.8 Å². The normalized spacial score (nSPS) is 11.5. The third-order valence-corrected chi connectivity index (χ3v) is 4.00. The summed E-state index contributed by atoms with van der Waals surface area (Å²) in [6.07, 6.45) is 1.67. The number of nitrogens with one attached hydrogen (secondary N) is 1. The van der Waals surface area contributed by atoms with Crippen molar-refractivity contribution in [3.63, 3.8) is 0 Å². The summed E-state index contributed by atoms with van der Waals surface area (Å²) in [5.41, 5.74) is 7.79. The Morgan fingerprint density at radius 2 is 1.96 bits per heavy atom. The van der Waals surface area contributed by atoms with Crippen LogP contribution in [0, 0.1) is 11.3 Å². The molecule has 3 rings (SSSR count). The lowest BCUT2D eigenvalue weighted by Crippen LogP contribution is -2.45. The molecule has 0 aliphatic rings. The van der Waals surface area contributed by atoms with Crippen LogP contribution in [0.25, 0.3) is 10.9 Å². The van der Waals surface area contributed by atoms with Gasteiger partial charge >= 0.3 is 0 Å². The van der Waals surface area contributed by atoms with Crippen LogP contribution in [0.2, 0.25) is 0 Å². The van der Waals surface area contributed by atoms with Crippen LogP contribution >= 0.6 is 0 Å². The van der Waals surface area contributed by atoms with E-state index in [1.54, 1.807) is 30.3 Å². The molecule has 1 aromatic heterocycles. The summed E-state index contributed by atoms with van der Waals surface area (Å²) in [7, 11) is 0. The number of primary amides is 1. The average molecular weight is 344 g/mol. The van der Waals surface area contributed by atoms with Crippen molar-refractivity contribution in [1.82, 2.24) is 10.3 Å². The molecule has 128 valence electrons. The number of nitrogens with two attached hydrogens (primary N) is 1. The van der Waals surface area contributed by atoms with E-state index in [1.807, 2.05) is 30.3 Å². The van der Waals surface area contributed by atoms with Gasteiger partial charge in [-0.05, 0) is 29.8 Å². The lowest BCUT2D eigenvalue weighted by atomic mass is 10.0. The lowest BCUT2D eigenvalue weighted by molar-refractivity contribution is -0.119. The second-order valence-corrected chi connectivity index (χ2v) is 5.86. The molecule has 1 heterocycles. The Kier molecular flexibility index (Phi) is 4.90. The van der Waals surface area contributed by atoms with Gasteiger partial charge in [-0.3, -0.25) is 14.6 Å². The van der Waals surface area contributed by atoms with Gasteiger partial charge in [-0.15, -0.1) is 0 Å². The summed E-state index contributed by atoms with van der Waals surface area (Å²) in [5.74, 6) is -1.07. The highest BCUT2D eigenvalue weighted by molar-refractivity contribution is 5.99. The van der Waals surface area contributed by atoms with Crippen LogP contribution in [-0.2, 0) is 11.2 Å². The zero-order chi connectivity index (χ0) is 18.5. The smallest absolute Gasteiger partial charge is 0.253 e. The number of nitriles is 1. The molecule has 0 saturated heterocycles. The van der Waals surface area contributed by atoms with Gasteiger partial charge in [0.1, 0.15) is 6.04 Å². The summed E-state index contributed by atoms with van der Waals surface area (Å²) in [5, 5.41) is 12.4. The number of carbonyl (C=O) groups excluding carboxylic acids is 2. The Morgan fingerprint density at radius 3 is 2.73 bits per heavy atom. The Balaban J connectivity index is 1.79. The van der Waals surface area contributed by atoms with Crippen LogP contribution < -0.4 is 11.1 Å². The molecule has 0 spiro atoms. The minimum Gasteiger partial charge on any atom is -0.368 e. The molecule has 0 radical (unpaired) electrons. The lowest BCUT2D eigenvalue weighted by Gasteiger charge is -2.16. The number of pyridine rings is 1. The largest absolute Gasteiger partial charge is 0.368 e. The van der Waals surface area contributed by atoms with Gasteiger partial charge in [0.05, 0.1) is 22.7 Å². The van der Waals surface area contributed by atoms with Gasteiger partial charge in [0.25, 0.3) is 5.91 Å². The minimum absolute atomic E-state index is 0.206. The molecule has 2 aromatic carbocycles. The number of para-hydroxylation sites is 1. The molecule has 0 aliphatic heterocycles. The number of fused-ring (bicyclic) bond motifs is 1. The predicted molar refractivity (Wildman–Crippen MR) is 97.1 cm³/mol. The van der Waals surface area contributed by atoms with Gasteiger partial charge in [0.2, 0.25) is 5.91 Å². The first-order chi connectivity index (χ1) is 12.6. The van der Waals surface area contributed by atoms with Gasteiger partial charge in [-0.2, -0.15) is 5.26 Å². The highest BCUT2D eigenvalue weighted by Crippen LogP contribution is 2.13. The number of amides is 2. The maximum absolute atomic E-state index is 12.5. The van der Waals surface area contributed by atoms with Crippen LogP contribution in [0.3, 0.4) is 0 Å².